The van der Waals surface area contributed by atoms with Gasteiger partial charge < -0.3 is 5.73 Å². The summed E-state index contributed by atoms with van der Waals surface area (Å²) in [4.78, 5) is 0. The Balaban J connectivity index is 2.45. The van der Waals surface area contributed by atoms with Gasteiger partial charge in [0.2, 0.25) is 0 Å². The minimum absolute atomic E-state index is 0.0866. The summed E-state index contributed by atoms with van der Waals surface area (Å²) < 4.78 is 64.7. The van der Waals surface area contributed by atoms with Crippen molar-refractivity contribution < 1.29 is 21.6 Å². The molecule has 0 bridgehead atoms. The Hall–Kier alpha value is -2.07. The molecule has 21 heavy (non-hydrogen) atoms. The smallest absolute Gasteiger partial charge is 0.326 e. The minimum Gasteiger partial charge on any atom is -0.326 e. The zero-order valence-corrected chi connectivity index (χ0v) is 11.3. The van der Waals surface area contributed by atoms with Gasteiger partial charge in [-0.05, 0) is 23.8 Å². The number of rotatable bonds is 4. The van der Waals surface area contributed by atoms with E-state index < -0.39 is 27.5 Å². The van der Waals surface area contributed by atoms with Crippen molar-refractivity contribution in [2.24, 2.45) is 5.73 Å². The SMILES string of the molecule is NCc1ccc(NS(=O)(=O)c2ccn[nH]2)c(C(F)(F)F)c1. The molecule has 0 aliphatic heterocycles. The summed E-state index contributed by atoms with van der Waals surface area (Å²) in [6.07, 6.45) is -3.53. The van der Waals surface area contributed by atoms with Gasteiger partial charge in [0, 0.05) is 6.54 Å². The second-order valence-corrected chi connectivity index (χ2v) is 5.76. The fraction of sp³-hybridized carbons (Fsp3) is 0.182. The number of nitrogens with one attached hydrogen (secondary N) is 2. The van der Waals surface area contributed by atoms with Crippen LogP contribution in [-0.2, 0) is 22.7 Å². The summed E-state index contributed by atoms with van der Waals surface area (Å²) in [5.74, 6) is 0. The maximum Gasteiger partial charge on any atom is 0.418 e. The molecule has 0 radical (unpaired) electrons. The molecule has 0 saturated carbocycles. The third-order valence-corrected chi connectivity index (χ3v) is 3.93. The van der Waals surface area contributed by atoms with E-state index in [0.717, 1.165) is 18.2 Å². The highest BCUT2D eigenvalue weighted by molar-refractivity contribution is 7.92. The molecule has 0 unspecified atom stereocenters. The Kier molecular flexibility index (Phi) is 3.92. The predicted octanol–water partition coefficient (Wildman–Crippen LogP) is 1.69. The van der Waals surface area contributed by atoms with Gasteiger partial charge in [-0.2, -0.15) is 26.7 Å². The van der Waals surface area contributed by atoms with Crippen molar-refractivity contribution in [3.8, 4) is 0 Å². The molecule has 0 spiro atoms. The van der Waals surface area contributed by atoms with Gasteiger partial charge in [0.1, 0.15) is 0 Å². The average molecular weight is 320 g/mol. The van der Waals surface area contributed by atoms with Crippen molar-refractivity contribution >= 4 is 15.7 Å². The van der Waals surface area contributed by atoms with Crippen LogP contribution in [0.25, 0.3) is 0 Å². The van der Waals surface area contributed by atoms with Crippen LogP contribution in [0.1, 0.15) is 11.1 Å². The normalized spacial score (nSPS) is 12.4. The average Bonchev–Trinajstić information content (AvgIpc) is 2.92. The molecule has 6 nitrogen and oxygen atoms in total. The lowest BCUT2D eigenvalue weighted by Crippen LogP contribution is -2.18. The van der Waals surface area contributed by atoms with Gasteiger partial charge in [-0.1, -0.05) is 6.07 Å². The van der Waals surface area contributed by atoms with Crippen LogP contribution in [0.15, 0.2) is 35.5 Å². The summed E-state index contributed by atoms with van der Waals surface area (Å²) in [6, 6.07) is 4.29. The Morgan fingerprint density at radius 2 is 2.00 bits per heavy atom. The first-order valence-electron chi connectivity index (χ1n) is 5.66. The molecule has 0 amide bonds. The summed E-state index contributed by atoms with van der Waals surface area (Å²) in [5.41, 5.74) is 3.86. The van der Waals surface area contributed by atoms with Gasteiger partial charge in [0.25, 0.3) is 10.0 Å². The van der Waals surface area contributed by atoms with Gasteiger partial charge in [-0.25, -0.2) is 0 Å². The number of anilines is 1. The molecule has 0 fully saturated rings. The number of hydrogen-bond acceptors (Lipinski definition) is 4. The van der Waals surface area contributed by atoms with E-state index in [-0.39, 0.29) is 17.1 Å². The molecule has 10 heteroatoms. The fourth-order valence-electron chi connectivity index (χ4n) is 1.63. The summed E-state index contributed by atoms with van der Waals surface area (Å²) >= 11 is 0. The zero-order valence-electron chi connectivity index (χ0n) is 10.5. The molecule has 2 aromatic rings. The van der Waals surface area contributed by atoms with Crippen LogP contribution < -0.4 is 10.5 Å². The Bertz CT molecular complexity index is 726. The highest BCUT2D eigenvalue weighted by Gasteiger charge is 2.35. The van der Waals surface area contributed by atoms with Gasteiger partial charge in [0.05, 0.1) is 17.4 Å². The monoisotopic (exact) mass is 320 g/mol. The number of nitrogens with zero attached hydrogens (tertiary/aromatic N) is 1. The molecule has 0 aliphatic carbocycles. The first kappa shape index (κ1) is 15.3. The number of benzene rings is 1. The van der Waals surface area contributed by atoms with Crippen LogP contribution in [0.5, 0.6) is 0 Å². The van der Waals surface area contributed by atoms with Crippen molar-refractivity contribution in [3.63, 3.8) is 0 Å². The molecule has 114 valence electrons. The van der Waals surface area contributed by atoms with E-state index >= 15 is 0 Å². The van der Waals surface area contributed by atoms with Crippen LogP contribution in [-0.4, -0.2) is 18.6 Å². The number of aromatic amines is 1. The van der Waals surface area contributed by atoms with E-state index in [1.807, 2.05) is 4.72 Å². The quantitative estimate of drug-likeness (QED) is 0.798. The lowest BCUT2D eigenvalue weighted by molar-refractivity contribution is -0.136. The minimum atomic E-state index is -4.71. The second kappa shape index (κ2) is 5.37. The molecule has 1 aromatic carbocycles. The molecule has 0 atom stereocenters. The molecular weight excluding hydrogens is 309 g/mol. The topological polar surface area (TPSA) is 101 Å². The van der Waals surface area contributed by atoms with Gasteiger partial charge in [0.15, 0.2) is 5.03 Å². The standard InChI is InChI=1S/C11H11F3N4O2S/c12-11(13,14)8-5-7(6-15)1-2-9(8)18-21(19,20)10-3-4-16-17-10/h1-5,18H,6,15H2,(H,16,17). The van der Waals surface area contributed by atoms with Crippen LogP contribution in [0, 0.1) is 0 Å². The third-order valence-electron chi connectivity index (χ3n) is 2.63. The predicted molar refractivity (Wildman–Crippen MR) is 68.7 cm³/mol. The van der Waals surface area contributed by atoms with Gasteiger partial charge in [-0.3, -0.25) is 9.82 Å². The van der Waals surface area contributed by atoms with Crippen LogP contribution >= 0.6 is 0 Å². The molecule has 4 N–H and O–H groups in total. The van der Waals surface area contributed by atoms with E-state index in [1.165, 1.54) is 12.3 Å². The fourth-order valence-corrected chi connectivity index (χ4v) is 2.62. The van der Waals surface area contributed by atoms with Gasteiger partial charge >= 0.3 is 6.18 Å². The maximum absolute atomic E-state index is 13.0. The van der Waals surface area contributed by atoms with Crippen LogP contribution in [0.3, 0.4) is 0 Å². The van der Waals surface area contributed by atoms with E-state index in [4.69, 9.17) is 5.73 Å². The first-order valence-corrected chi connectivity index (χ1v) is 7.15. The first-order chi connectivity index (χ1) is 9.74. The summed E-state index contributed by atoms with van der Waals surface area (Å²) in [6.45, 7) is -0.0866. The van der Waals surface area contributed by atoms with Crippen LogP contribution in [0.2, 0.25) is 0 Å². The molecule has 0 saturated heterocycles. The van der Waals surface area contributed by atoms with E-state index in [9.17, 15) is 21.6 Å². The largest absolute Gasteiger partial charge is 0.418 e. The number of H-pyrrole nitrogens is 1. The maximum atomic E-state index is 13.0. The number of sulfonamides is 1. The number of aromatic nitrogens is 2. The lowest BCUT2D eigenvalue weighted by atomic mass is 10.1. The summed E-state index contributed by atoms with van der Waals surface area (Å²) in [7, 11) is -4.17. The van der Waals surface area contributed by atoms with Crippen molar-refractivity contribution in [1.29, 1.82) is 0 Å². The molecule has 2 rings (SSSR count). The molecule has 1 heterocycles. The number of hydrogen-bond donors (Lipinski definition) is 3. The highest BCUT2D eigenvalue weighted by Crippen LogP contribution is 2.36. The van der Waals surface area contributed by atoms with E-state index in [0.29, 0.717) is 0 Å². The number of alkyl halides is 3. The highest BCUT2D eigenvalue weighted by atomic mass is 32.2. The summed E-state index contributed by atoms with van der Waals surface area (Å²) in [5, 5.41) is 5.29. The Labute approximate surface area is 118 Å². The molecule has 1 aromatic heterocycles. The van der Waals surface area contributed by atoms with Crippen LogP contribution in [0.4, 0.5) is 18.9 Å². The van der Waals surface area contributed by atoms with Crippen molar-refractivity contribution in [1.82, 2.24) is 10.2 Å². The molecule has 0 aliphatic rings. The Morgan fingerprint density at radius 3 is 2.52 bits per heavy atom. The van der Waals surface area contributed by atoms with E-state index in [1.54, 1.807) is 0 Å². The number of halogens is 3. The van der Waals surface area contributed by atoms with E-state index in [2.05, 4.69) is 10.2 Å². The Morgan fingerprint density at radius 1 is 1.29 bits per heavy atom. The van der Waals surface area contributed by atoms with Gasteiger partial charge in [-0.15, -0.1) is 0 Å². The van der Waals surface area contributed by atoms with Crippen molar-refractivity contribution in [2.45, 2.75) is 17.7 Å². The second-order valence-electron chi connectivity index (χ2n) is 4.11. The molecular formula is C11H11F3N4O2S. The lowest BCUT2D eigenvalue weighted by Gasteiger charge is -2.15. The van der Waals surface area contributed by atoms with Crippen molar-refractivity contribution in [2.75, 3.05) is 4.72 Å². The zero-order chi connectivity index (χ0) is 15.7. The van der Waals surface area contributed by atoms with Crippen molar-refractivity contribution in [3.05, 3.63) is 41.6 Å². The number of nitrogens with two attached hydrogens (primary N) is 1. The third kappa shape index (κ3) is 3.34.